The largest absolute Gasteiger partial charge is 0.465 e. The maximum Gasteiger partial charge on any atom is 0.342 e. The predicted molar refractivity (Wildman–Crippen MR) is 132 cm³/mol. The maximum absolute atomic E-state index is 13.1. The molecule has 0 spiro atoms. The van der Waals surface area contributed by atoms with Gasteiger partial charge in [-0.15, -0.1) is 0 Å². The molecular formula is C27H18N4O6. The van der Waals surface area contributed by atoms with E-state index >= 15 is 0 Å². The fourth-order valence-electron chi connectivity index (χ4n) is 4.16. The van der Waals surface area contributed by atoms with E-state index in [1.165, 1.54) is 25.3 Å². The van der Waals surface area contributed by atoms with Crippen molar-refractivity contribution in [3.63, 3.8) is 0 Å². The number of amides is 2. The number of imide groups is 1. The zero-order valence-corrected chi connectivity index (χ0v) is 19.5. The van der Waals surface area contributed by atoms with Gasteiger partial charge in [0.1, 0.15) is 5.56 Å². The number of benzene rings is 3. The van der Waals surface area contributed by atoms with Crippen LogP contribution >= 0.6 is 0 Å². The van der Waals surface area contributed by atoms with Crippen LogP contribution in [0, 0.1) is 10.1 Å². The second-order valence-corrected chi connectivity index (χ2v) is 8.12. The molecule has 2 amide bonds. The maximum atomic E-state index is 13.1. The summed E-state index contributed by atoms with van der Waals surface area (Å²) in [6.07, 6.45) is 0. The molecule has 0 aliphatic carbocycles. The number of fused-ring (bicyclic) bond motifs is 1. The molecule has 0 saturated heterocycles. The highest BCUT2D eigenvalue weighted by Gasteiger charge is 2.37. The van der Waals surface area contributed by atoms with E-state index in [1.807, 2.05) is 6.07 Å². The fraction of sp³-hybridized carbons (Fsp3) is 0.0741. The van der Waals surface area contributed by atoms with Gasteiger partial charge in [-0.1, -0.05) is 54.6 Å². The van der Waals surface area contributed by atoms with E-state index in [-0.39, 0.29) is 51.7 Å². The van der Waals surface area contributed by atoms with Gasteiger partial charge in [-0.3, -0.25) is 24.6 Å². The Morgan fingerprint density at radius 2 is 1.51 bits per heavy atom. The van der Waals surface area contributed by atoms with Crippen molar-refractivity contribution in [3.8, 4) is 22.6 Å². The van der Waals surface area contributed by atoms with Crippen molar-refractivity contribution >= 4 is 23.5 Å². The van der Waals surface area contributed by atoms with Crippen LogP contribution in [0.4, 0.5) is 5.69 Å². The Morgan fingerprint density at radius 3 is 2.14 bits per heavy atom. The first kappa shape index (κ1) is 23.5. The number of methoxy groups -OCH3 is 1. The number of esters is 1. The van der Waals surface area contributed by atoms with Gasteiger partial charge in [0.25, 0.3) is 17.5 Å². The number of nitro benzene ring substituents is 1. The zero-order chi connectivity index (χ0) is 26.1. The van der Waals surface area contributed by atoms with Gasteiger partial charge in [0.2, 0.25) is 0 Å². The first-order valence-corrected chi connectivity index (χ1v) is 11.1. The molecule has 0 radical (unpaired) electrons. The first-order chi connectivity index (χ1) is 17.9. The number of nitrogens with zero attached hydrogens (tertiary/aromatic N) is 4. The van der Waals surface area contributed by atoms with Gasteiger partial charge in [-0.25, -0.2) is 14.8 Å². The molecule has 37 heavy (non-hydrogen) atoms. The average molecular weight is 494 g/mol. The Bertz CT molecular complexity index is 1550. The lowest BCUT2D eigenvalue weighted by molar-refractivity contribution is -0.384. The molecule has 0 N–H and O–H groups in total. The summed E-state index contributed by atoms with van der Waals surface area (Å²) in [7, 11) is 1.18. The third-order valence-electron chi connectivity index (χ3n) is 5.92. The van der Waals surface area contributed by atoms with E-state index in [1.54, 1.807) is 54.6 Å². The fourth-order valence-corrected chi connectivity index (χ4v) is 4.16. The Kier molecular flexibility index (Phi) is 5.98. The number of hydrogen-bond donors (Lipinski definition) is 0. The Balaban J connectivity index is 1.72. The van der Waals surface area contributed by atoms with Crippen LogP contribution in [0.25, 0.3) is 22.6 Å². The second-order valence-electron chi connectivity index (χ2n) is 8.12. The molecule has 5 rings (SSSR count). The summed E-state index contributed by atoms with van der Waals surface area (Å²) in [6, 6.07) is 21.0. The summed E-state index contributed by atoms with van der Waals surface area (Å²) in [5.74, 6) is -1.64. The van der Waals surface area contributed by atoms with Crippen molar-refractivity contribution in [3.05, 3.63) is 111 Å². The molecule has 0 unspecified atom stereocenters. The van der Waals surface area contributed by atoms with Gasteiger partial charge in [0.05, 0.1) is 41.1 Å². The molecule has 182 valence electrons. The van der Waals surface area contributed by atoms with E-state index in [0.29, 0.717) is 5.56 Å². The van der Waals surface area contributed by atoms with Gasteiger partial charge < -0.3 is 4.74 Å². The Morgan fingerprint density at radius 1 is 0.892 bits per heavy atom. The van der Waals surface area contributed by atoms with Gasteiger partial charge in [-0.05, 0) is 12.1 Å². The zero-order valence-electron chi connectivity index (χ0n) is 19.5. The molecule has 0 atom stereocenters. The van der Waals surface area contributed by atoms with Crippen LogP contribution in [0.3, 0.4) is 0 Å². The molecule has 0 fully saturated rings. The molecule has 10 heteroatoms. The summed E-state index contributed by atoms with van der Waals surface area (Å²) in [6.45, 7) is -0.332. The van der Waals surface area contributed by atoms with Crippen LogP contribution in [0.2, 0.25) is 0 Å². The summed E-state index contributed by atoms with van der Waals surface area (Å²) in [5.41, 5.74) is 1.24. The van der Waals surface area contributed by atoms with E-state index in [4.69, 9.17) is 4.74 Å². The quantitative estimate of drug-likeness (QED) is 0.168. The SMILES string of the molecule is COC(=O)c1c(CN2C(=O)c3ccccc3C2=O)nc(-c2ccccc2)nc1-c1cccc([N+](=O)[O-])c1. The molecule has 0 saturated carbocycles. The first-order valence-electron chi connectivity index (χ1n) is 11.1. The molecule has 2 heterocycles. The number of carbonyl (C=O) groups excluding carboxylic acids is 3. The molecule has 0 bridgehead atoms. The van der Waals surface area contributed by atoms with Crippen molar-refractivity contribution in [2.75, 3.05) is 7.11 Å². The van der Waals surface area contributed by atoms with E-state index in [9.17, 15) is 24.5 Å². The topological polar surface area (TPSA) is 133 Å². The van der Waals surface area contributed by atoms with Crippen LogP contribution in [-0.2, 0) is 11.3 Å². The number of non-ortho nitro benzene ring substituents is 1. The van der Waals surface area contributed by atoms with Gasteiger partial charge in [0.15, 0.2) is 5.82 Å². The molecule has 1 aliphatic rings. The number of carbonyl (C=O) groups is 3. The summed E-state index contributed by atoms with van der Waals surface area (Å²) < 4.78 is 5.00. The molecule has 4 aromatic rings. The highest BCUT2D eigenvalue weighted by molar-refractivity contribution is 6.21. The third-order valence-corrected chi connectivity index (χ3v) is 5.92. The highest BCUT2D eigenvalue weighted by Crippen LogP contribution is 2.32. The molecule has 3 aromatic carbocycles. The number of nitro groups is 1. The second kappa shape index (κ2) is 9.42. The normalized spacial score (nSPS) is 12.4. The van der Waals surface area contributed by atoms with E-state index < -0.39 is 22.7 Å². The van der Waals surface area contributed by atoms with E-state index in [2.05, 4.69) is 9.97 Å². The summed E-state index contributed by atoms with van der Waals surface area (Å²) in [5, 5.41) is 11.4. The lowest BCUT2D eigenvalue weighted by atomic mass is 10.0. The van der Waals surface area contributed by atoms with Gasteiger partial charge in [0, 0.05) is 23.3 Å². The average Bonchev–Trinajstić information content (AvgIpc) is 3.17. The van der Waals surface area contributed by atoms with Gasteiger partial charge >= 0.3 is 5.97 Å². The molecule has 1 aromatic heterocycles. The minimum atomic E-state index is -0.812. The van der Waals surface area contributed by atoms with Crippen molar-refractivity contribution in [1.29, 1.82) is 0 Å². The number of aromatic nitrogens is 2. The van der Waals surface area contributed by atoms with Crippen LogP contribution < -0.4 is 0 Å². The number of hydrogen-bond acceptors (Lipinski definition) is 8. The third kappa shape index (κ3) is 4.20. The van der Waals surface area contributed by atoms with Crippen LogP contribution in [-0.4, -0.2) is 44.7 Å². The standard InChI is InChI=1S/C27H18N4O6/c1-37-27(34)22-21(15-30-25(32)19-12-5-6-13-20(19)26(30)33)28-24(16-8-3-2-4-9-16)29-23(22)17-10-7-11-18(14-17)31(35)36/h2-14H,15H2,1H3. The summed E-state index contributed by atoms with van der Waals surface area (Å²) >= 11 is 0. The van der Waals surface area contributed by atoms with E-state index in [0.717, 1.165) is 4.90 Å². The van der Waals surface area contributed by atoms with Crippen LogP contribution in [0.1, 0.15) is 36.8 Å². The van der Waals surface area contributed by atoms with Crippen molar-refractivity contribution in [1.82, 2.24) is 14.9 Å². The lowest BCUT2D eigenvalue weighted by Gasteiger charge is -2.18. The predicted octanol–water partition coefficient (Wildman–Crippen LogP) is 4.30. The lowest BCUT2D eigenvalue weighted by Crippen LogP contribution is -2.31. The molecular weight excluding hydrogens is 476 g/mol. The van der Waals surface area contributed by atoms with Crippen molar-refractivity contribution < 1.29 is 24.0 Å². The molecule has 1 aliphatic heterocycles. The smallest absolute Gasteiger partial charge is 0.342 e. The summed E-state index contributed by atoms with van der Waals surface area (Å²) in [4.78, 5) is 60.2. The minimum absolute atomic E-state index is 0.0664. The monoisotopic (exact) mass is 494 g/mol. The number of rotatable bonds is 6. The molecule has 10 nitrogen and oxygen atoms in total. The van der Waals surface area contributed by atoms with Crippen molar-refractivity contribution in [2.45, 2.75) is 6.54 Å². The highest BCUT2D eigenvalue weighted by atomic mass is 16.6. The van der Waals surface area contributed by atoms with Crippen LogP contribution in [0.15, 0.2) is 78.9 Å². The van der Waals surface area contributed by atoms with Gasteiger partial charge in [-0.2, -0.15) is 0 Å². The minimum Gasteiger partial charge on any atom is -0.465 e. The van der Waals surface area contributed by atoms with Crippen LogP contribution in [0.5, 0.6) is 0 Å². The Labute approximate surface area is 210 Å². The van der Waals surface area contributed by atoms with Crippen molar-refractivity contribution in [2.24, 2.45) is 0 Å². The Hall–Kier alpha value is -5.25. The number of ether oxygens (including phenoxy) is 1.